The summed E-state index contributed by atoms with van der Waals surface area (Å²) < 4.78 is 40.7. The Bertz CT molecular complexity index is 1480. The van der Waals surface area contributed by atoms with E-state index in [2.05, 4.69) is 22.1 Å². The van der Waals surface area contributed by atoms with Gasteiger partial charge in [-0.3, -0.25) is 13.8 Å². The average molecular weight is 649 g/mol. The smallest absolute Gasteiger partial charge is 0.247 e. The first-order valence-corrected chi connectivity index (χ1v) is 10.0. The van der Waals surface area contributed by atoms with Crippen molar-refractivity contribution >= 4 is 16.9 Å². The summed E-state index contributed by atoms with van der Waals surface area (Å²) in [5.74, 6) is -5.05. The molecule has 0 aliphatic rings. The van der Waals surface area contributed by atoms with Gasteiger partial charge in [-0.25, -0.2) is 4.39 Å². The molecule has 2 heterocycles. The number of benzene rings is 3. The van der Waals surface area contributed by atoms with Crippen molar-refractivity contribution in [2.24, 2.45) is 0 Å². The monoisotopic (exact) mass is 649 g/mol. The summed E-state index contributed by atoms with van der Waals surface area (Å²) in [7, 11) is 0. The molecule has 0 saturated heterocycles. The normalized spacial score (nSPS) is 10.1. The molecular formula is C27H15F3IrN2O2-2. The number of rotatable bonds is 3. The van der Waals surface area contributed by atoms with Crippen LogP contribution in [0.2, 0.25) is 0 Å². The van der Waals surface area contributed by atoms with Crippen LogP contribution in [0.1, 0.15) is 10.4 Å². The molecule has 0 unspecified atom stereocenters. The van der Waals surface area contributed by atoms with Crippen LogP contribution in [0.3, 0.4) is 0 Å². The van der Waals surface area contributed by atoms with E-state index in [4.69, 9.17) is 5.11 Å². The van der Waals surface area contributed by atoms with Crippen LogP contribution in [0, 0.1) is 29.6 Å². The van der Waals surface area contributed by atoms with Gasteiger partial charge in [0.1, 0.15) is 5.82 Å². The van der Waals surface area contributed by atoms with E-state index in [0.717, 1.165) is 28.1 Å². The van der Waals surface area contributed by atoms with Gasteiger partial charge in [-0.2, -0.15) is 0 Å². The Balaban J connectivity index is 0.000000291. The summed E-state index contributed by atoms with van der Waals surface area (Å²) in [6.45, 7) is 0. The van der Waals surface area contributed by atoms with Gasteiger partial charge < -0.3 is 14.9 Å². The van der Waals surface area contributed by atoms with Crippen LogP contribution < -0.4 is 0 Å². The van der Waals surface area contributed by atoms with Crippen LogP contribution in [-0.4, -0.2) is 21.0 Å². The number of carboxylic acid groups (broad SMARTS) is 1. The molecule has 3 aromatic carbocycles. The number of pyridine rings is 2. The maximum atomic E-state index is 14.0. The number of aromatic carboxylic acids is 1. The summed E-state index contributed by atoms with van der Waals surface area (Å²) in [4.78, 5) is 18.6. The molecular weight excluding hydrogens is 634 g/mol. The Kier molecular flexibility index (Phi) is 8.47. The second-order valence-corrected chi connectivity index (χ2v) is 7.03. The standard InChI is InChI=1S/C20H10F3N2.C7H5O2.Ir/c21-16-6-5-15(19(22)20(16)23)18-11-12(7-9-25-18)13-8-10-24-17-4-2-1-3-14(13)17;8-7(9)6-4-2-1-3-5-6;/h1-4,6-11H;1-4H,(H,8,9);/q2*-1;. The Labute approximate surface area is 212 Å². The Morgan fingerprint density at radius 3 is 2.31 bits per heavy atom. The Hall–Kier alpha value is -3.87. The zero-order valence-corrected chi connectivity index (χ0v) is 20.2. The van der Waals surface area contributed by atoms with Crippen LogP contribution in [0.4, 0.5) is 13.2 Å². The molecule has 177 valence electrons. The molecule has 2 aromatic heterocycles. The molecule has 0 spiro atoms. The van der Waals surface area contributed by atoms with Gasteiger partial charge in [-0.05, 0) is 35.0 Å². The quantitative estimate of drug-likeness (QED) is 0.183. The van der Waals surface area contributed by atoms with Crippen molar-refractivity contribution in [1.29, 1.82) is 0 Å². The molecule has 0 saturated carbocycles. The summed E-state index contributed by atoms with van der Waals surface area (Å²) in [5, 5.41) is 9.28. The van der Waals surface area contributed by atoms with Crippen molar-refractivity contribution in [2.75, 3.05) is 0 Å². The number of para-hydroxylation sites is 1. The third-order valence-electron chi connectivity index (χ3n) is 4.88. The molecule has 4 nitrogen and oxygen atoms in total. The molecule has 5 rings (SSSR count). The fourth-order valence-electron chi connectivity index (χ4n) is 3.27. The summed E-state index contributed by atoms with van der Waals surface area (Å²) in [5.41, 5.74) is 2.65. The van der Waals surface area contributed by atoms with Crippen LogP contribution >= 0.6 is 0 Å². The van der Waals surface area contributed by atoms with E-state index in [1.165, 1.54) is 12.3 Å². The van der Waals surface area contributed by atoms with E-state index < -0.39 is 23.4 Å². The maximum absolute atomic E-state index is 14.0. The minimum absolute atomic E-state index is 0. The third kappa shape index (κ3) is 5.80. The average Bonchev–Trinajstić information content (AvgIpc) is 2.88. The van der Waals surface area contributed by atoms with Gasteiger partial charge in [0.05, 0.1) is 17.2 Å². The predicted molar refractivity (Wildman–Crippen MR) is 121 cm³/mol. The molecule has 0 aliphatic carbocycles. The number of fused-ring (bicyclic) bond motifs is 1. The van der Waals surface area contributed by atoms with Crippen molar-refractivity contribution in [3.8, 4) is 22.4 Å². The van der Waals surface area contributed by atoms with Gasteiger partial charge >= 0.3 is 0 Å². The molecule has 0 atom stereocenters. The van der Waals surface area contributed by atoms with Gasteiger partial charge in [-0.1, -0.05) is 35.4 Å². The van der Waals surface area contributed by atoms with Gasteiger partial charge in [-0.15, -0.1) is 42.5 Å². The minimum atomic E-state index is -1.53. The number of aromatic nitrogens is 2. The van der Waals surface area contributed by atoms with Crippen molar-refractivity contribution < 1.29 is 43.2 Å². The van der Waals surface area contributed by atoms with Crippen LogP contribution in [0.5, 0.6) is 0 Å². The fraction of sp³-hybridized carbons (Fsp3) is 0. The van der Waals surface area contributed by atoms with Gasteiger partial charge in [0.15, 0.2) is 0 Å². The second kappa shape index (κ2) is 11.5. The predicted octanol–water partition coefficient (Wildman–Crippen LogP) is 6.36. The SMILES string of the molecule is Fc1c[c-]c(-c2cc(-c3ccnc4ccccc34)ccn2)c(F)c1F.O=C(O)c1[c-]cccc1.[Ir]. The zero-order chi connectivity index (χ0) is 24.1. The molecule has 0 aliphatic heterocycles. The first-order chi connectivity index (χ1) is 16.5. The van der Waals surface area contributed by atoms with Crippen molar-refractivity contribution in [3.63, 3.8) is 0 Å². The first kappa shape index (κ1) is 25.7. The molecule has 0 amide bonds. The molecule has 8 heteroatoms. The van der Waals surface area contributed by atoms with Gasteiger partial charge in [0.25, 0.3) is 0 Å². The Morgan fingerprint density at radius 2 is 1.60 bits per heavy atom. The summed E-state index contributed by atoms with van der Waals surface area (Å²) in [6, 6.07) is 25.1. The first-order valence-electron chi connectivity index (χ1n) is 10.0. The number of carboxylic acids is 1. The zero-order valence-electron chi connectivity index (χ0n) is 17.8. The molecule has 1 radical (unpaired) electrons. The van der Waals surface area contributed by atoms with E-state index in [-0.39, 0.29) is 36.9 Å². The third-order valence-corrected chi connectivity index (χ3v) is 4.88. The van der Waals surface area contributed by atoms with Crippen molar-refractivity contribution in [2.45, 2.75) is 0 Å². The van der Waals surface area contributed by atoms with E-state index >= 15 is 0 Å². The number of halogens is 3. The fourth-order valence-corrected chi connectivity index (χ4v) is 3.27. The van der Waals surface area contributed by atoms with Crippen LogP contribution in [0.15, 0.2) is 85.2 Å². The van der Waals surface area contributed by atoms with Crippen molar-refractivity contribution in [3.05, 3.63) is 120 Å². The maximum Gasteiger partial charge on any atom is 0.247 e. The van der Waals surface area contributed by atoms with E-state index in [1.807, 2.05) is 30.3 Å². The number of hydrogen-bond acceptors (Lipinski definition) is 3. The topological polar surface area (TPSA) is 63.1 Å². The second-order valence-electron chi connectivity index (χ2n) is 7.03. The number of carbonyl (C=O) groups is 1. The summed E-state index contributed by atoms with van der Waals surface area (Å²) >= 11 is 0. The van der Waals surface area contributed by atoms with Crippen LogP contribution in [0.25, 0.3) is 33.3 Å². The van der Waals surface area contributed by atoms with Gasteiger partial charge in [0.2, 0.25) is 5.97 Å². The van der Waals surface area contributed by atoms with E-state index in [0.29, 0.717) is 0 Å². The summed E-state index contributed by atoms with van der Waals surface area (Å²) in [6.07, 6.45) is 3.18. The Morgan fingerprint density at radius 1 is 0.857 bits per heavy atom. The molecule has 0 bridgehead atoms. The number of hydrogen-bond donors (Lipinski definition) is 1. The molecule has 35 heavy (non-hydrogen) atoms. The number of nitrogens with zero attached hydrogens (tertiary/aromatic N) is 2. The van der Waals surface area contributed by atoms with E-state index in [9.17, 15) is 18.0 Å². The van der Waals surface area contributed by atoms with Crippen molar-refractivity contribution in [1.82, 2.24) is 9.97 Å². The van der Waals surface area contributed by atoms with E-state index in [1.54, 1.807) is 36.5 Å². The molecule has 5 aromatic rings. The molecule has 1 N–H and O–H groups in total. The van der Waals surface area contributed by atoms with Crippen LogP contribution in [-0.2, 0) is 20.1 Å². The van der Waals surface area contributed by atoms with Gasteiger partial charge in [0, 0.05) is 37.9 Å². The largest absolute Gasteiger partial charge is 0.521 e. The minimum Gasteiger partial charge on any atom is -0.521 e. The molecule has 0 fully saturated rings.